The second-order valence-corrected chi connectivity index (χ2v) is 3.00. The highest BCUT2D eigenvalue weighted by molar-refractivity contribution is 6.37. The van der Waals surface area contributed by atoms with Gasteiger partial charge in [0, 0.05) is 6.20 Å². The van der Waals surface area contributed by atoms with Crippen LogP contribution in [-0.2, 0) is 4.79 Å². The van der Waals surface area contributed by atoms with Crippen molar-refractivity contribution < 1.29 is 15.1 Å². The van der Waals surface area contributed by atoms with Crippen LogP contribution in [0.15, 0.2) is 29.6 Å². The van der Waals surface area contributed by atoms with E-state index in [1.54, 1.807) is 31.3 Å². The third kappa shape index (κ3) is 3.21. The second-order valence-electron chi connectivity index (χ2n) is 3.00. The first kappa shape index (κ1) is 11.9. The zero-order valence-electron chi connectivity index (χ0n) is 8.58. The molecule has 0 aromatic carbocycles. The van der Waals surface area contributed by atoms with E-state index in [-0.39, 0.29) is 5.71 Å². The van der Waals surface area contributed by atoms with Crippen LogP contribution in [0.4, 0.5) is 5.82 Å². The van der Waals surface area contributed by atoms with Crippen molar-refractivity contribution in [3.05, 3.63) is 24.4 Å². The summed E-state index contributed by atoms with van der Waals surface area (Å²) in [5.41, 5.74) is 4.96. The standard InChI is InChI=1S/C9H12N4O3/c1-6(8(13-16)9(14)15)11-12-7-4-2-3-5-10-7/h2-6,11,16H,1H3,(H,10,12)(H,14,15)/b13-8-. The molecular formula is C9H12N4O3. The van der Waals surface area contributed by atoms with Crippen LogP contribution in [0.2, 0.25) is 0 Å². The van der Waals surface area contributed by atoms with E-state index in [1.165, 1.54) is 0 Å². The lowest BCUT2D eigenvalue weighted by atomic mass is 10.2. The van der Waals surface area contributed by atoms with Crippen molar-refractivity contribution >= 4 is 17.5 Å². The summed E-state index contributed by atoms with van der Waals surface area (Å²) < 4.78 is 0. The molecule has 0 aliphatic heterocycles. The number of hydrogen-bond donors (Lipinski definition) is 4. The van der Waals surface area contributed by atoms with Crippen LogP contribution >= 0.6 is 0 Å². The molecule has 0 saturated carbocycles. The molecule has 0 bridgehead atoms. The van der Waals surface area contributed by atoms with E-state index in [2.05, 4.69) is 21.0 Å². The number of nitrogens with one attached hydrogen (secondary N) is 2. The van der Waals surface area contributed by atoms with Crippen LogP contribution in [0.25, 0.3) is 0 Å². The minimum absolute atomic E-state index is 0.386. The Balaban J connectivity index is 2.53. The summed E-state index contributed by atoms with van der Waals surface area (Å²) in [5, 5.41) is 19.8. The molecule has 0 saturated heterocycles. The SMILES string of the molecule is CC(NNc1ccccn1)/C(=N/O)C(=O)O. The Hall–Kier alpha value is -2.15. The lowest BCUT2D eigenvalue weighted by Crippen LogP contribution is -2.41. The quantitative estimate of drug-likeness (QED) is 0.325. The molecule has 1 rings (SSSR count). The van der Waals surface area contributed by atoms with Gasteiger partial charge in [0.1, 0.15) is 5.82 Å². The topological polar surface area (TPSA) is 107 Å². The number of hydrogen-bond acceptors (Lipinski definition) is 6. The summed E-state index contributed by atoms with van der Waals surface area (Å²) in [6, 6.07) is 4.58. The number of carboxylic acids is 1. The van der Waals surface area contributed by atoms with Crippen LogP contribution in [0.1, 0.15) is 6.92 Å². The van der Waals surface area contributed by atoms with Gasteiger partial charge in [-0.1, -0.05) is 11.2 Å². The van der Waals surface area contributed by atoms with Crippen LogP contribution in [0.5, 0.6) is 0 Å². The predicted octanol–water partition coefficient (Wildman–Crippen LogP) is 0.301. The molecule has 7 heteroatoms. The molecule has 0 aliphatic rings. The maximum absolute atomic E-state index is 10.6. The number of carbonyl (C=O) groups is 1. The van der Waals surface area contributed by atoms with Crippen LogP contribution in [-0.4, -0.2) is 33.0 Å². The highest BCUT2D eigenvalue weighted by Crippen LogP contribution is 1.98. The van der Waals surface area contributed by atoms with Crippen molar-refractivity contribution in [1.82, 2.24) is 10.4 Å². The summed E-state index contributed by atoms with van der Waals surface area (Å²) in [6.45, 7) is 1.54. The zero-order valence-corrected chi connectivity index (χ0v) is 8.58. The molecule has 0 fully saturated rings. The van der Waals surface area contributed by atoms with Crippen molar-refractivity contribution in [2.24, 2.45) is 5.16 Å². The smallest absolute Gasteiger partial charge is 0.355 e. The summed E-state index contributed by atoms with van der Waals surface area (Å²) in [6.07, 6.45) is 1.59. The fourth-order valence-electron chi connectivity index (χ4n) is 1.00. The fraction of sp³-hybridized carbons (Fsp3) is 0.222. The van der Waals surface area contributed by atoms with Crippen molar-refractivity contribution in [2.45, 2.75) is 13.0 Å². The average molecular weight is 224 g/mol. The zero-order chi connectivity index (χ0) is 12.0. The van der Waals surface area contributed by atoms with Crippen molar-refractivity contribution in [3.63, 3.8) is 0 Å². The van der Waals surface area contributed by atoms with Crippen molar-refractivity contribution in [2.75, 3.05) is 5.43 Å². The summed E-state index contributed by atoms with van der Waals surface area (Å²) >= 11 is 0. The molecule has 1 aromatic heterocycles. The van der Waals surface area contributed by atoms with Gasteiger partial charge in [0.05, 0.1) is 6.04 Å². The van der Waals surface area contributed by atoms with Gasteiger partial charge in [-0.15, -0.1) is 0 Å². The number of anilines is 1. The molecule has 4 N–H and O–H groups in total. The molecule has 1 unspecified atom stereocenters. The number of aliphatic carboxylic acids is 1. The Bertz CT molecular complexity index is 380. The minimum atomic E-state index is -1.29. The van der Waals surface area contributed by atoms with Gasteiger partial charge in [0.25, 0.3) is 0 Å². The van der Waals surface area contributed by atoms with Gasteiger partial charge in [-0.05, 0) is 19.1 Å². The number of hydrazine groups is 1. The van der Waals surface area contributed by atoms with E-state index in [4.69, 9.17) is 10.3 Å². The van der Waals surface area contributed by atoms with Gasteiger partial charge in [-0.25, -0.2) is 15.2 Å². The molecule has 0 radical (unpaired) electrons. The van der Waals surface area contributed by atoms with Gasteiger partial charge < -0.3 is 15.7 Å². The molecule has 7 nitrogen and oxygen atoms in total. The third-order valence-electron chi connectivity index (χ3n) is 1.82. The predicted molar refractivity (Wildman–Crippen MR) is 57.3 cm³/mol. The number of oxime groups is 1. The van der Waals surface area contributed by atoms with Crippen LogP contribution in [0, 0.1) is 0 Å². The highest BCUT2D eigenvalue weighted by Gasteiger charge is 2.18. The number of nitrogens with zero attached hydrogens (tertiary/aromatic N) is 2. The maximum atomic E-state index is 10.6. The molecule has 1 heterocycles. The van der Waals surface area contributed by atoms with Gasteiger partial charge in [-0.3, -0.25) is 0 Å². The first-order valence-electron chi connectivity index (χ1n) is 4.53. The number of carboxylic acid groups (broad SMARTS) is 1. The molecule has 16 heavy (non-hydrogen) atoms. The second kappa shape index (κ2) is 5.66. The Morgan fingerprint density at radius 3 is 2.81 bits per heavy atom. The van der Waals surface area contributed by atoms with E-state index < -0.39 is 12.0 Å². The number of pyridine rings is 1. The molecule has 1 atom stereocenters. The molecule has 0 spiro atoms. The van der Waals surface area contributed by atoms with E-state index in [1.807, 2.05) is 0 Å². The first-order chi connectivity index (χ1) is 7.65. The molecule has 1 aromatic rings. The van der Waals surface area contributed by atoms with Crippen LogP contribution in [0.3, 0.4) is 0 Å². The Morgan fingerprint density at radius 2 is 2.31 bits per heavy atom. The Kier molecular flexibility index (Phi) is 4.22. The first-order valence-corrected chi connectivity index (χ1v) is 4.53. The third-order valence-corrected chi connectivity index (χ3v) is 1.82. The van der Waals surface area contributed by atoms with Gasteiger partial charge >= 0.3 is 5.97 Å². The van der Waals surface area contributed by atoms with E-state index in [9.17, 15) is 4.79 Å². The molecule has 0 amide bonds. The average Bonchev–Trinajstić information content (AvgIpc) is 2.28. The summed E-state index contributed by atoms with van der Waals surface area (Å²) in [7, 11) is 0. The maximum Gasteiger partial charge on any atom is 0.355 e. The Labute approximate surface area is 91.8 Å². The summed E-state index contributed by atoms with van der Waals surface area (Å²) in [4.78, 5) is 14.6. The van der Waals surface area contributed by atoms with Crippen LogP contribution < -0.4 is 10.9 Å². The minimum Gasteiger partial charge on any atom is -0.477 e. The van der Waals surface area contributed by atoms with Crippen molar-refractivity contribution in [1.29, 1.82) is 0 Å². The van der Waals surface area contributed by atoms with Gasteiger partial charge in [0.2, 0.25) is 0 Å². The normalized spacial score (nSPS) is 13.2. The monoisotopic (exact) mass is 224 g/mol. The van der Waals surface area contributed by atoms with Gasteiger partial charge in [-0.2, -0.15) is 0 Å². The summed E-state index contributed by atoms with van der Waals surface area (Å²) in [5.74, 6) is -0.748. The highest BCUT2D eigenvalue weighted by atomic mass is 16.4. The van der Waals surface area contributed by atoms with E-state index >= 15 is 0 Å². The lowest BCUT2D eigenvalue weighted by molar-refractivity contribution is -0.129. The van der Waals surface area contributed by atoms with E-state index in [0.29, 0.717) is 5.82 Å². The number of rotatable bonds is 5. The fourth-order valence-corrected chi connectivity index (χ4v) is 1.00. The lowest BCUT2D eigenvalue weighted by Gasteiger charge is -2.13. The van der Waals surface area contributed by atoms with E-state index in [0.717, 1.165) is 0 Å². The largest absolute Gasteiger partial charge is 0.477 e. The van der Waals surface area contributed by atoms with Gasteiger partial charge in [0.15, 0.2) is 5.71 Å². The van der Waals surface area contributed by atoms with Crippen molar-refractivity contribution in [3.8, 4) is 0 Å². The molecular weight excluding hydrogens is 212 g/mol. The molecule has 86 valence electrons. The Morgan fingerprint density at radius 1 is 1.56 bits per heavy atom. The molecule has 0 aliphatic carbocycles. The number of aromatic nitrogens is 1.